The van der Waals surface area contributed by atoms with Gasteiger partial charge in [0.1, 0.15) is 12.6 Å². The number of carbonyl (C=O) groups is 3. The van der Waals surface area contributed by atoms with Crippen molar-refractivity contribution in [3.05, 3.63) is 71.3 Å². The number of halogens is 3. The molecule has 2 aromatic rings. The van der Waals surface area contributed by atoms with Gasteiger partial charge in [0, 0.05) is 32.7 Å². The molecule has 0 aromatic heterocycles. The Morgan fingerprint density at radius 1 is 1.00 bits per heavy atom. The van der Waals surface area contributed by atoms with Crippen LogP contribution in [0.15, 0.2) is 54.6 Å². The monoisotopic (exact) mass is 460 g/mol. The van der Waals surface area contributed by atoms with E-state index in [0.29, 0.717) is 26.2 Å². The lowest BCUT2D eigenvalue weighted by Gasteiger charge is -2.35. The van der Waals surface area contributed by atoms with Crippen molar-refractivity contribution in [3.63, 3.8) is 0 Å². The number of fused-ring (bicyclic) bond motifs is 1. The zero-order valence-electron chi connectivity index (χ0n) is 17.7. The molecule has 0 bridgehead atoms. The number of nitrogens with zero attached hydrogens (tertiary/aromatic N) is 3. The third-order valence-corrected chi connectivity index (χ3v) is 5.79. The van der Waals surface area contributed by atoms with E-state index in [0.717, 1.165) is 22.6 Å². The highest BCUT2D eigenvalue weighted by Crippen LogP contribution is 2.29. The molecule has 0 radical (unpaired) electrons. The number of imide groups is 1. The minimum absolute atomic E-state index is 0.142. The van der Waals surface area contributed by atoms with E-state index < -0.39 is 42.2 Å². The molecular weight excluding hydrogens is 437 g/mol. The number of nitrogens with one attached hydrogen (secondary N) is 1. The molecule has 1 unspecified atom stereocenters. The molecule has 2 aliphatic heterocycles. The van der Waals surface area contributed by atoms with Crippen LogP contribution in [0.5, 0.6) is 0 Å². The molecule has 2 fully saturated rings. The highest BCUT2D eigenvalue weighted by molar-refractivity contribution is 6.06. The van der Waals surface area contributed by atoms with E-state index in [1.165, 1.54) is 17.0 Å². The van der Waals surface area contributed by atoms with Crippen molar-refractivity contribution in [3.8, 4) is 0 Å². The Bertz CT molecular complexity index is 1040. The van der Waals surface area contributed by atoms with E-state index >= 15 is 0 Å². The fourth-order valence-corrected chi connectivity index (χ4v) is 4.10. The number of amides is 4. The molecule has 2 aliphatic rings. The van der Waals surface area contributed by atoms with Crippen LogP contribution in [0.4, 0.5) is 18.0 Å². The summed E-state index contributed by atoms with van der Waals surface area (Å²) >= 11 is 0. The number of rotatable bonds is 6. The van der Waals surface area contributed by atoms with E-state index in [1.54, 1.807) is 0 Å². The fraction of sp³-hybridized carbons (Fsp3) is 0.348. The predicted octanol–water partition coefficient (Wildman–Crippen LogP) is 2.47. The van der Waals surface area contributed by atoms with Crippen molar-refractivity contribution >= 4 is 17.8 Å². The molecule has 4 amide bonds. The Hall–Kier alpha value is -3.40. The Kier molecular flexibility index (Phi) is 6.37. The van der Waals surface area contributed by atoms with Crippen LogP contribution in [0.3, 0.4) is 0 Å². The second-order valence-electron chi connectivity index (χ2n) is 8.11. The second kappa shape index (κ2) is 9.22. The number of piperazine rings is 1. The zero-order valence-corrected chi connectivity index (χ0v) is 17.7. The Morgan fingerprint density at radius 2 is 1.73 bits per heavy atom. The molecule has 2 aromatic carbocycles. The number of hydrogen-bond donors (Lipinski definition) is 1. The van der Waals surface area contributed by atoms with Gasteiger partial charge in [-0.1, -0.05) is 42.5 Å². The van der Waals surface area contributed by atoms with Gasteiger partial charge in [-0.3, -0.25) is 19.4 Å². The van der Waals surface area contributed by atoms with Crippen molar-refractivity contribution in [1.29, 1.82) is 0 Å². The van der Waals surface area contributed by atoms with E-state index in [-0.39, 0.29) is 12.1 Å². The molecule has 174 valence electrons. The van der Waals surface area contributed by atoms with Gasteiger partial charge in [-0.25, -0.2) is 4.79 Å². The van der Waals surface area contributed by atoms with E-state index in [9.17, 15) is 27.6 Å². The molecular formula is C23H23F3N4O3. The van der Waals surface area contributed by atoms with Crippen molar-refractivity contribution in [2.45, 2.75) is 25.3 Å². The summed E-state index contributed by atoms with van der Waals surface area (Å²) in [6.45, 7) is 1.41. The molecule has 33 heavy (non-hydrogen) atoms. The first-order valence-corrected chi connectivity index (χ1v) is 10.5. The third kappa shape index (κ3) is 5.16. The van der Waals surface area contributed by atoms with Crippen LogP contribution in [0.2, 0.25) is 0 Å². The quantitative estimate of drug-likeness (QED) is 0.673. The minimum atomic E-state index is -4.48. The smallest absolute Gasteiger partial charge is 0.350 e. The lowest BCUT2D eigenvalue weighted by molar-refractivity contribution is -0.137. The predicted molar refractivity (Wildman–Crippen MR) is 113 cm³/mol. The summed E-state index contributed by atoms with van der Waals surface area (Å²) in [5, 5.41) is 2.49. The van der Waals surface area contributed by atoms with E-state index in [4.69, 9.17) is 0 Å². The average molecular weight is 460 g/mol. The summed E-state index contributed by atoms with van der Waals surface area (Å²) in [5.74, 6) is -1.05. The van der Waals surface area contributed by atoms with Gasteiger partial charge < -0.3 is 10.2 Å². The van der Waals surface area contributed by atoms with Crippen molar-refractivity contribution in [2.24, 2.45) is 0 Å². The van der Waals surface area contributed by atoms with Gasteiger partial charge in [-0.05, 0) is 23.3 Å². The lowest BCUT2D eigenvalue weighted by atomic mass is 10.1. The van der Waals surface area contributed by atoms with Crippen molar-refractivity contribution < 1.29 is 27.6 Å². The molecule has 1 atom stereocenters. The molecule has 0 spiro atoms. The first-order valence-electron chi connectivity index (χ1n) is 10.5. The van der Waals surface area contributed by atoms with Crippen LogP contribution in [-0.4, -0.2) is 64.8 Å². The minimum Gasteiger partial charge on any atom is -0.350 e. The SMILES string of the molecule is O=C(CN1C(=O)C2CN(Cc3ccccc3)CCN2C1=O)NCc1cccc(C(F)(F)F)c1. The molecule has 7 nitrogen and oxygen atoms in total. The van der Waals surface area contributed by atoms with Crippen LogP contribution in [0.25, 0.3) is 0 Å². The fourth-order valence-electron chi connectivity index (χ4n) is 4.10. The largest absolute Gasteiger partial charge is 0.416 e. The van der Waals surface area contributed by atoms with Gasteiger partial charge in [0.2, 0.25) is 5.91 Å². The number of hydrogen-bond acceptors (Lipinski definition) is 4. The summed E-state index contributed by atoms with van der Waals surface area (Å²) in [5.41, 5.74) is 0.566. The van der Waals surface area contributed by atoms with Gasteiger partial charge in [0.05, 0.1) is 5.56 Å². The number of benzene rings is 2. The molecule has 10 heteroatoms. The molecule has 4 rings (SSSR count). The lowest BCUT2D eigenvalue weighted by Crippen LogP contribution is -2.52. The second-order valence-corrected chi connectivity index (χ2v) is 8.11. The molecule has 0 saturated carbocycles. The maximum Gasteiger partial charge on any atom is 0.416 e. The zero-order chi connectivity index (χ0) is 23.6. The van der Waals surface area contributed by atoms with Gasteiger partial charge in [-0.2, -0.15) is 13.2 Å². The maximum atomic E-state index is 12.8. The first-order chi connectivity index (χ1) is 15.7. The summed E-state index contributed by atoms with van der Waals surface area (Å²) < 4.78 is 38.5. The molecule has 1 N–H and O–H groups in total. The third-order valence-electron chi connectivity index (χ3n) is 5.79. The van der Waals surface area contributed by atoms with Gasteiger partial charge in [0.15, 0.2) is 0 Å². The topological polar surface area (TPSA) is 73.0 Å². The Balaban J connectivity index is 1.33. The van der Waals surface area contributed by atoms with Crippen LogP contribution >= 0.6 is 0 Å². The number of urea groups is 1. The first kappa shape index (κ1) is 22.8. The Labute approximate surface area is 188 Å². The summed E-state index contributed by atoms with van der Waals surface area (Å²) in [6, 6.07) is 13.3. The average Bonchev–Trinajstić information content (AvgIpc) is 3.02. The van der Waals surface area contributed by atoms with E-state index in [1.807, 2.05) is 30.3 Å². The van der Waals surface area contributed by atoms with Crippen LogP contribution in [0.1, 0.15) is 16.7 Å². The maximum absolute atomic E-state index is 12.8. The van der Waals surface area contributed by atoms with Crippen molar-refractivity contribution in [1.82, 2.24) is 20.0 Å². The van der Waals surface area contributed by atoms with Crippen LogP contribution in [0, 0.1) is 0 Å². The van der Waals surface area contributed by atoms with Crippen LogP contribution in [-0.2, 0) is 28.9 Å². The Morgan fingerprint density at radius 3 is 2.45 bits per heavy atom. The molecule has 0 aliphatic carbocycles. The highest BCUT2D eigenvalue weighted by Gasteiger charge is 2.48. The molecule has 2 heterocycles. The normalized spacial score (nSPS) is 19.1. The van der Waals surface area contributed by atoms with Gasteiger partial charge in [0.25, 0.3) is 5.91 Å². The van der Waals surface area contributed by atoms with E-state index in [2.05, 4.69) is 10.2 Å². The molecule has 2 saturated heterocycles. The summed E-state index contributed by atoms with van der Waals surface area (Å²) in [6.07, 6.45) is -4.48. The summed E-state index contributed by atoms with van der Waals surface area (Å²) in [7, 11) is 0. The van der Waals surface area contributed by atoms with Crippen molar-refractivity contribution in [2.75, 3.05) is 26.2 Å². The number of alkyl halides is 3. The van der Waals surface area contributed by atoms with Gasteiger partial charge >= 0.3 is 12.2 Å². The highest BCUT2D eigenvalue weighted by atomic mass is 19.4. The standard InChI is InChI=1S/C23H23F3N4O3/c24-23(25,26)18-8-4-7-17(11-18)12-27-20(31)15-30-21(32)19-14-28(9-10-29(19)22(30)33)13-16-5-2-1-3-6-16/h1-8,11,19H,9-10,12-15H2,(H,27,31). The summed E-state index contributed by atoms with van der Waals surface area (Å²) in [4.78, 5) is 42.4. The number of carbonyl (C=O) groups excluding carboxylic acids is 3. The van der Waals surface area contributed by atoms with Crippen LogP contribution < -0.4 is 5.32 Å². The van der Waals surface area contributed by atoms with Gasteiger partial charge in [-0.15, -0.1) is 0 Å².